The van der Waals surface area contributed by atoms with Gasteiger partial charge in [0.1, 0.15) is 0 Å². The maximum absolute atomic E-state index is 5.61. The molecule has 1 heterocycles. The summed E-state index contributed by atoms with van der Waals surface area (Å²) in [4.78, 5) is 0. The van der Waals surface area contributed by atoms with Gasteiger partial charge in [-0.2, -0.15) is 5.10 Å². The number of nitrogens with two attached hydrogens (primary N) is 1. The summed E-state index contributed by atoms with van der Waals surface area (Å²) in [6, 6.07) is 8.14. The lowest BCUT2D eigenvalue weighted by atomic mass is 10.1. The minimum atomic E-state index is 0.565. The number of rotatable bonds is 2. The number of aromatic nitrogens is 2. The average Bonchev–Trinajstić information content (AvgIpc) is 2.69. The lowest BCUT2D eigenvalue weighted by Gasteiger charge is -2.05. The van der Waals surface area contributed by atoms with Crippen LogP contribution >= 0.6 is 0 Å². The fraction of sp³-hybridized carbons (Fsp3) is 0.182. The van der Waals surface area contributed by atoms with Gasteiger partial charge in [-0.3, -0.25) is 0 Å². The lowest BCUT2D eigenvalue weighted by molar-refractivity contribution is 0.874. The molecule has 0 aliphatic rings. The fourth-order valence-electron chi connectivity index (χ4n) is 1.51. The first kappa shape index (κ1) is 8.97. The first-order valence-electron chi connectivity index (χ1n) is 4.60. The van der Waals surface area contributed by atoms with E-state index in [1.54, 1.807) is 6.20 Å². The molecule has 1 aromatic carbocycles. The van der Waals surface area contributed by atoms with Crippen molar-refractivity contribution in [3.05, 3.63) is 47.8 Å². The van der Waals surface area contributed by atoms with Gasteiger partial charge in [0.05, 0.1) is 5.69 Å². The second-order valence-electron chi connectivity index (χ2n) is 3.33. The Morgan fingerprint density at radius 3 is 2.86 bits per heavy atom. The van der Waals surface area contributed by atoms with Gasteiger partial charge in [-0.15, -0.1) is 0 Å². The van der Waals surface area contributed by atoms with Crippen LogP contribution in [0.3, 0.4) is 0 Å². The van der Waals surface area contributed by atoms with E-state index in [-0.39, 0.29) is 0 Å². The highest BCUT2D eigenvalue weighted by atomic mass is 15.3. The molecule has 0 saturated heterocycles. The molecule has 1 aromatic heterocycles. The highest BCUT2D eigenvalue weighted by Crippen LogP contribution is 2.12. The minimum absolute atomic E-state index is 0.565. The van der Waals surface area contributed by atoms with Gasteiger partial charge in [0.2, 0.25) is 0 Å². The standard InChI is InChI=1S/C11H13N3/c1-9-5-10(8-12)7-11(6-9)14-4-2-3-13-14/h2-7H,8,12H2,1H3. The zero-order valence-electron chi connectivity index (χ0n) is 8.14. The maximum atomic E-state index is 5.61. The van der Waals surface area contributed by atoms with E-state index in [4.69, 9.17) is 5.73 Å². The molecule has 2 rings (SSSR count). The van der Waals surface area contributed by atoms with E-state index in [9.17, 15) is 0 Å². The van der Waals surface area contributed by atoms with E-state index in [1.165, 1.54) is 5.56 Å². The summed E-state index contributed by atoms with van der Waals surface area (Å²) in [7, 11) is 0. The van der Waals surface area contributed by atoms with Crippen LogP contribution in [0.2, 0.25) is 0 Å². The van der Waals surface area contributed by atoms with Gasteiger partial charge < -0.3 is 5.73 Å². The van der Waals surface area contributed by atoms with E-state index >= 15 is 0 Å². The molecule has 0 aliphatic carbocycles. The van der Waals surface area contributed by atoms with Gasteiger partial charge in [0.25, 0.3) is 0 Å². The molecule has 2 aromatic rings. The Labute approximate surface area is 83.2 Å². The third-order valence-corrected chi connectivity index (χ3v) is 2.13. The molecule has 0 aliphatic heterocycles. The fourth-order valence-corrected chi connectivity index (χ4v) is 1.51. The SMILES string of the molecule is Cc1cc(CN)cc(-n2cccn2)c1. The largest absolute Gasteiger partial charge is 0.326 e. The smallest absolute Gasteiger partial charge is 0.0651 e. The normalized spacial score (nSPS) is 10.4. The summed E-state index contributed by atoms with van der Waals surface area (Å²) in [6.07, 6.45) is 3.69. The summed E-state index contributed by atoms with van der Waals surface area (Å²) < 4.78 is 1.84. The predicted octanol–water partition coefficient (Wildman–Crippen LogP) is 1.64. The van der Waals surface area contributed by atoms with Crippen LogP contribution in [0.1, 0.15) is 11.1 Å². The van der Waals surface area contributed by atoms with Crippen LogP contribution in [0.15, 0.2) is 36.7 Å². The van der Waals surface area contributed by atoms with Crippen molar-refractivity contribution in [2.45, 2.75) is 13.5 Å². The van der Waals surface area contributed by atoms with Crippen LogP contribution < -0.4 is 5.73 Å². The molecule has 0 fully saturated rings. The van der Waals surface area contributed by atoms with E-state index < -0.39 is 0 Å². The Balaban J connectivity index is 2.48. The quantitative estimate of drug-likeness (QED) is 0.776. The van der Waals surface area contributed by atoms with Crippen LogP contribution in [-0.4, -0.2) is 9.78 Å². The van der Waals surface area contributed by atoms with Crippen LogP contribution in [0.25, 0.3) is 5.69 Å². The van der Waals surface area contributed by atoms with Gasteiger partial charge >= 0.3 is 0 Å². The molecule has 3 heteroatoms. The third-order valence-electron chi connectivity index (χ3n) is 2.13. The molecule has 3 nitrogen and oxygen atoms in total. The van der Waals surface area contributed by atoms with Gasteiger partial charge in [-0.05, 0) is 36.2 Å². The van der Waals surface area contributed by atoms with Crippen molar-refractivity contribution in [1.29, 1.82) is 0 Å². The average molecular weight is 187 g/mol. The number of benzene rings is 1. The molecule has 0 amide bonds. The summed E-state index contributed by atoms with van der Waals surface area (Å²) in [6.45, 7) is 2.63. The van der Waals surface area contributed by atoms with E-state index in [0.717, 1.165) is 11.3 Å². The van der Waals surface area contributed by atoms with Gasteiger partial charge in [-0.1, -0.05) is 6.07 Å². The van der Waals surface area contributed by atoms with Crippen molar-refractivity contribution >= 4 is 0 Å². The molecule has 2 N–H and O–H groups in total. The summed E-state index contributed by atoms with van der Waals surface area (Å²) in [5.74, 6) is 0. The molecule has 14 heavy (non-hydrogen) atoms. The number of hydrogen-bond acceptors (Lipinski definition) is 2. The van der Waals surface area contributed by atoms with Crippen molar-refractivity contribution in [3.63, 3.8) is 0 Å². The highest BCUT2D eigenvalue weighted by Gasteiger charge is 1.99. The summed E-state index contributed by atoms with van der Waals surface area (Å²) >= 11 is 0. The van der Waals surface area contributed by atoms with E-state index in [0.29, 0.717) is 6.54 Å². The number of aryl methyl sites for hydroxylation is 1. The second-order valence-corrected chi connectivity index (χ2v) is 3.33. The topological polar surface area (TPSA) is 43.8 Å². The Bertz CT molecular complexity index is 418. The molecular formula is C11H13N3. The summed E-state index contributed by atoms with van der Waals surface area (Å²) in [5.41, 5.74) is 9.02. The minimum Gasteiger partial charge on any atom is -0.326 e. The molecular weight excluding hydrogens is 174 g/mol. The van der Waals surface area contributed by atoms with Crippen molar-refractivity contribution in [3.8, 4) is 5.69 Å². The van der Waals surface area contributed by atoms with Crippen molar-refractivity contribution in [2.24, 2.45) is 5.73 Å². The molecule has 0 bridgehead atoms. The van der Waals surface area contributed by atoms with Crippen LogP contribution in [0.5, 0.6) is 0 Å². The zero-order chi connectivity index (χ0) is 9.97. The second kappa shape index (κ2) is 3.64. The van der Waals surface area contributed by atoms with Crippen LogP contribution in [0.4, 0.5) is 0 Å². The third kappa shape index (κ3) is 1.67. The first-order chi connectivity index (χ1) is 6.79. The van der Waals surface area contributed by atoms with Crippen molar-refractivity contribution in [2.75, 3.05) is 0 Å². The van der Waals surface area contributed by atoms with Crippen molar-refractivity contribution < 1.29 is 0 Å². The van der Waals surface area contributed by atoms with Gasteiger partial charge in [-0.25, -0.2) is 4.68 Å². The monoisotopic (exact) mass is 187 g/mol. The number of hydrogen-bond donors (Lipinski definition) is 1. The Morgan fingerprint density at radius 2 is 2.21 bits per heavy atom. The van der Waals surface area contributed by atoms with E-state index in [1.807, 2.05) is 16.9 Å². The van der Waals surface area contributed by atoms with Crippen LogP contribution in [-0.2, 0) is 6.54 Å². The summed E-state index contributed by atoms with van der Waals surface area (Å²) in [5, 5.41) is 4.18. The molecule has 0 saturated carbocycles. The molecule has 0 unspecified atom stereocenters. The lowest BCUT2D eigenvalue weighted by Crippen LogP contribution is -2.00. The van der Waals surface area contributed by atoms with Crippen molar-refractivity contribution in [1.82, 2.24) is 9.78 Å². The number of nitrogens with zero attached hydrogens (tertiary/aromatic N) is 2. The first-order valence-corrected chi connectivity index (χ1v) is 4.60. The predicted molar refractivity (Wildman–Crippen MR) is 56.2 cm³/mol. The Hall–Kier alpha value is -1.61. The Morgan fingerprint density at radius 1 is 1.36 bits per heavy atom. The maximum Gasteiger partial charge on any atom is 0.0651 e. The van der Waals surface area contributed by atoms with Crippen LogP contribution in [0, 0.1) is 6.92 Å². The molecule has 72 valence electrons. The molecule has 0 radical (unpaired) electrons. The van der Waals surface area contributed by atoms with Gasteiger partial charge in [0.15, 0.2) is 0 Å². The molecule has 0 atom stereocenters. The highest BCUT2D eigenvalue weighted by molar-refractivity contribution is 5.39. The molecule has 0 spiro atoms. The van der Waals surface area contributed by atoms with E-state index in [2.05, 4.69) is 30.2 Å². The Kier molecular flexibility index (Phi) is 2.33. The van der Waals surface area contributed by atoms with Gasteiger partial charge in [0, 0.05) is 18.9 Å². The zero-order valence-corrected chi connectivity index (χ0v) is 8.14.